The number of Topliss-reactive ketones (excluding diaryl/α,β-unsaturated/α-hetero) is 1. The molecular weight excluding hydrogens is 374 g/mol. The van der Waals surface area contributed by atoms with E-state index in [0.29, 0.717) is 12.3 Å². The van der Waals surface area contributed by atoms with E-state index in [0.717, 1.165) is 74.8 Å². The summed E-state index contributed by atoms with van der Waals surface area (Å²) in [4.78, 5) is 15.7. The highest BCUT2D eigenvalue weighted by Crippen LogP contribution is 2.64. The molecule has 1 heterocycles. The SMILES string of the molecule is CC1(O)CCC2C(CCC3C2CCC2(C)C(C(=O)CN4CCC(O)CC4)CCC32)C1. The lowest BCUT2D eigenvalue weighted by atomic mass is 9.49. The van der Waals surface area contributed by atoms with Gasteiger partial charge in [-0.15, -0.1) is 0 Å². The van der Waals surface area contributed by atoms with Crippen LogP contribution >= 0.6 is 0 Å². The monoisotopic (exact) mass is 417 g/mol. The molecule has 2 N–H and O–H groups in total. The van der Waals surface area contributed by atoms with Gasteiger partial charge < -0.3 is 10.2 Å². The van der Waals surface area contributed by atoms with E-state index in [-0.39, 0.29) is 17.4 Å². The number of carbonyl (C=O) groups excluding carboxylic acids is 1. The third-order valence-corrected chi connectivity index (χ3v) is 10.6. The lowest BCUT2D eigenvalue weighted by Crippen LogP contribution is -2.51. The molecule has 8 atom stereocenters. The van der Waals surface area contributed by atoms with Crippen molar-refractivity contribution in [3.05, 3.63) is 0 Å². The third-order valence-electron chi connectivity index (χ3n) is 10.6. The van der Waals surface area contributed by atoms with Crippen LogP contribution in [0.2, 0.25) is 0 Å². The number of nitrogens with zero attached hydrogens (tertiary/aromatic N) is 1. The number of fused-ring (bicyclic) bond motifs is 5. The Bertz CT molecular complexity index is 655. The molecular formula is C26H43NO3. The molecule has 1 saturated heterocycles. The highest BCUT2D eigenvalue weighted by molar-refractivity contribution is 5.84. The first-order valence-corrected chi connectivity index (χ1v) is 12.9. The number of aliphatic hydroxyl groups is 2. The summed E-state index contributed by atoms with van der Waals surface area (Å²) in [6, 6.07) is 0. The molecule has 170 valence electrons. The largest absolute Gasteiger partial charge is 0.393 e. The minimum Gasteiger partial charge on any atom is -0.393 e. The summed E-state index contributed by atoms with van der Waals surface area (Å²) >= 11 is 0. The fourth-order valence-corrected chi connectivity index (χ4v) is 9.02. The Hall–Kier alpha value is -0.450. The molecule has 5 fully saturated rings. The van der Waals surface area contributed by atoms with Crippen LogP contribution in [0, 0.1) is 40.9 Å². The summed E-state index contributed by atoms with van der Waals surface area (Å²) in [7, 11) is 0. The summed E-state index contributed by atoms with van der Waals surface area (Å²) in [5.41, 5.74) is -0.229. The van der Waals surface area contributed by atoms with Gasteiger partial charge in [-0.25, -0.2) is 0 Å². The maximum Gasteiger partial charge on any atom is 0.150 e. The van der Waals surface area contributed by atoms with Crippen molar-refractivity contribution in [3.8, 4) is 0 Å². The van der Waals surface area contributed by atoms with Crippen LogP contribution in [-0.2, 0) is 4.79 Å². The minimum atomic E-state index is -0.438. The number of aliphatic hydroxyl groups excluding tert-OH is 1. The summed E-state index contributed by atoms with van der Waals surface area (Å²) < 4.78 is 0. The van der Waals surface area contributed by atoms with Crippen LogP contribution < -0.4 is 0 Å². The first-order chi connectivity index (χ1) is 14.3. The van der Waals surface area contributed by atoms with Gasteiger partial charge in [0.25, 0.3) is 0 Å². The molecule has 0 radical (unpaired) electrons. The predicted molar refractivity (Wildman–Crippen MR) is 118 cm³/mol. The van der Waals surface area contributed by atoms with Crippen LogP contribution in [0.5, 0.6) is 0 Å². The Morgan fingerprint density at radius 3 is 2.40 bits per heavy atom. The van der Waals surface area contributed by atoms with Gasteiger partial charge in [-0.3, -0.25) is 9.69 Å². The zero-order valence-corrected chi connectivity index (χ0v) is 19.2. The van der Waals surface area contributed by atoms with E-state index in [9.17, 15) is 15.0 Å². The van der Waals surface area contributed by atoms with Gasteiger partial charge >= 0.3 is 0 Å². The zero-order chi connectivity index (χ0) is 21.1. The molecule has 4 saturated carbocycles. The number of ketones is 1. The smallest absolute Gasteiger partial charge is 0.150 e. The van der Waals surface area contributed by atoms with Crippen molar-refractivity contribution in [1.29, 1.82) is 0 Å². The molecule has 5 aliphatic rings. The quantitative estimate of drug-likeness (QED) is 0.728. The first kappa shape index (κ1) is 21.4. The van der Waals surface area contributed by atoms with E-state index in [2.05, 4.69) is 11.8 Å². The van der Waals surface area contributed by atoms with E-state index in [1.165, 1.54) is 38.5 Å². The Labute approximate surface area is 182 Å². The van der Waals surface area contributed by atoms with E-state index >= 15 is 0 Å². The Morgan fingerprint density at radius 1 is 0.900 bits per heavy atom. The van der Waals surface area contributed by atoms with Gasteiger partial charge in [0.1, 0.15) is 5.78 Å². The van der Waals surface area contributed by atoms with Crippen molar-refractivity contribution in [1.82, 2.24) is 4.90 Å². The molecule has 0 aromatic carbocycles. The van der Waals surface area contributed by atoms with E-state index in [4.69, 9.17) is 0 Å². The highest BCUT2D eigenvalue weighted by Gasteiger charge is 2.58. The summed E-state index contributed by atoms with van der Waals surface area (Å²) in [6.45, 7) is 6.85. The molecule has 4 heteroatoms. The lowest BCUT2D eigenvalue weighted by Gasteiger charge is -2.57. The fourth-order valence-electron chi connectivity index (χ4n) is 9.02. The maximum absolute atomic E-state index is 13.4. The van der Waals surface area contributed by atoms with Gasteiger partial charge in [0.2, 0.25) is 0 Å². The molecule has 8 unspecified atom stereocenters. The van der Waals surface area contributed by atoms with Crippen molar-refractivity contribution in [2.24, 2.45) is 40.9 Å². The van der Waals surface area contributed by atoms with Crippen LogP contribution in [0.15, 0.2) is 0 Å². The number of piperidine rings is 1. The fraction of sp³-hybridized carbons (Fsp3) is 0.962. The number of likely N-dealkylation sites (tertiary alicyclic amines) is 1. The van der Waals surface area contributed by atoms with Crippen LogP contribution in [0.1, 0.15) is 84.5 Å². The van der Waals surface area contributed by atoms with Crippen molar-refractivity contribution >= 4 is 5.78 Å². The number of hydrogen-bond donors (Lipinski definition) is 2. The van der Waals surface area contributed by atoms with Gasteiger partial charge in [0, 0.05) is 19.0 Å². The maximum atomic E-state index is 13.4. The highest BCUT2D eigenvalue weighted by atomic mass is 16.3. The molecule has 0 aromatic heterocycles. The predicted octanol–water partition coefficient (Wildman–Crippen LogP) is 4.03. The summed E-state index contributed by atoms with van der Waals surface area (Å²) in [5, 5.41) is 20.4. The molecule has 0 bridgehead atoms. The summed E-state index contributed by atoms with van der Waals surface area (Å²) in [6.07, 6.45) is 12.2. The molecule has 4 aliphatic carbocycles. The molecule has 30 heavy (non-hydrogen) atoms. The lowest BCUT2D eigenvalue weighted by molar-refractivity contribution is -0.133. The Kier molecular flexibility index (Phi) is 5.60. The second-order valence-corrected chi connectivity index (χ2v) is 12.3. The van der Waals surface area contributed by atoms with Gasteiger partial charge in [0.05, 0.1) is 18.2 Å². The Balaban J connectivity index is 1.26. The van der Waals surface area contributed by atoms with Gasteiger partial charge in [0.15, 0.2) is 0 Å². The van der Waals surface area contributed by atoms with Crippen LogP contribution in [0.3, 0.4) is 0 Å². The van der Waals surface area contributed by atoms with E-state index in [1.807, 2.05) is 6.92 Å². The van der Waals surface area contributed by atoms with E-state index < -0.39 is 5.60 Å². The van der Waals surface area contributed by atoms with E-state index in [1.54, 1.807) is 0 Å². The topological polar surface area (TPSA) is 60.8 Å². The Morgan fingerprint density at radius 2 is 1.63 bits per heavy atom. The molecule has 0 aromatic rings. The molecule has 4 nitrogen and oxygen atoms in total. The molecule has 0 amide bonds. The molecule has 5 rings (SSSR count). The zero-order valence-electron chi connectivity index (χ0n) is 19.2. The second-order valence-electron chi connectivity index (χ2n) is 12.3. The van der Waals surface area contributed by atoms with Crippen LogP contribution in [0.25, 0.3) is 0 Å². The molecule has 0 spiro atoms. The first-order valence-electron chi connectivity index (χ1n) is 12.9. The molecule has 1 aliphatic heterocycles. The minimum absolute atomic E-state index is 0.168. The average molecular weight is 418 g/mol. The van der Waals surface area contributed by atoms with Crippen LogP contribution in [-0.4, -0.2) is 52.2 Å². The van der Waals surface area contributed by atoms with Gasteiger partial charge in [-0.05, 0) is 113 Å². The number of hydrogen-bond acceptors (Lipinski definition) is 4. The van der Waals surface area contributed by atoms with Crippen molar-refractivity contribution in [3.63, 3.8) is 0 Å². The van der Waals surface area contributed by atoms with Gasteiger partial charge in [-0.1, -0.05) is 6.92 Å². The van der Waals surface area contributed by atoms with Gasteiger partial charge in [-0.2, -0.15) is 0 Å². The average Bonchev–Trinajstić information content (AvgIpc) is 3.06. The van der Waals surface area contributed by atoms with Crippen molar-refractivity contribution in [2.45, 2.75) is 96.2 Å². The number of carbonyl (C=O) groups is 1. The number of rotatable bonds is 3. The third kappa shape index (κ3) is 3.69. The summed E-state index contributed by atoms with van der Waals surface area (Å²) in [5.74, 6) is 4.68. The van der Waals surface area contributed by atoms with Crippen molar-refractivity contribution < 1.29 is 15.0 Å². The second kappa shape index (κ2) is 7.85. The van der Waals surface area contributed by atoms with Crippen LogP contribution in [0.4, 0.5) is 0 Å². The normalized spacial score (nSPS) is 49.9. The van der Waals surface area contributed by atoms with Crippen molar-refractivity contribution in [2.75, 3.05) is 19.6 Å². The standard InChI is InChI=1S/C26H43NO3/c1-25(30)11-7-19-17(15-25)3-4-21-20(19)8-12-26(2)22(21)5-6-23(26)24(29)16-27-13-9-18(28)10-14-27/h17-23,28,30H,3-16H2,1-2H3.